The van der Waals surface area contributed by atoms with Crippen LogP contribution in [0.15, 0.2) is 102 Å². The molecule has 5 nitrogen and oxygen atoms in total. The van der Waals surface area contributed by atoms with Gasteiger partial charge in [0, 0.05) is 10.9 Å². The lowest BCUT2D eigenvalue weighted by atomic mass is 10.0. The third-order valence-corrected chi connectivity index (χ3v) is 7.33. The van der Waals surface area contributed by atoms with Crippen LogP contribution in [-0.4, -0.2) is 17.1 Å². The Labute approximate surface area is 243 Å². The van der Waals surface area contributed by atoms with Gasteiger partial charge in [0.25, 0.3) is 5.91 Å². The van der Waals surface area contributed by atoms with Gasteiger partial charge in [-0.3, -0.25) is 4.79 Å². The normalized spacial score (nSPS) is 11.1. The smallest absolute Gasteiger partial charge is 0.272 e. The van der Waals surface area contributed by atoms with Gasteiger partial charge in [-0.2, -0.15) is 5.10 Å². The van der Waals surface area contributed by atoms with Crippen LogP contribution in [0, 0.1) is 3.57 Å². The number of para-hydroxylation sites is 1. The molecular weight excluding hydrogens is 632 g/mol. The number of benzene rings is 4. The summed E-state index contributed by atoms with van der Waals surface area (Å²) < 4.78 is 6.84. The molecule has 0 bridgehead atoms. The number of nitrogens with one attached hydrogen (secondary N) is 1. The number of rotatable bonds is 7. The molecule has 5 aromatic rings. The van der Waals surface area contributed by atoms with E-state index >= 15 is 0 Å². The number of amides is 1. The summed E-state index contributed by atoms with van der Waals surface area (Å²) >= 11 is 14.3. The standard InChI is InChI=1S/C30H20Cl2IN3O2/c31-24-12-10-20(14-25(24)32)18-38-29-13-11-19(15-26(29)33)17-34-36-30(37)23-16-28(21-6-2-1-3-7-21)35-27-9-5-4-8-22(23)27/h1-17H,18H2,(H,36,37)/b34-17+. The lowest BCUT2D eigenvalue weighted by Crippen LogP contribution is -2.18. The molecule has 0 aliphatic carbocycles. The first-order valence-electron chi connectivity index (χ1n) is 11.6. The van der Waals surface area contributed by atoms with Gasteiger partial charge in [-0.1, -0.05) is 77.8 Å². The summed E-state index contributed by atoms with van der Waals surface area (Å²) in [6.45, 7) is 0.362. The average Bonchev–Trinajstić information content (AvgIpc) is 2.94. The number of hydrogen-bond acceptors (Lipinski definition) is 4. The first-order chi connectivity index (χ1) is 18.5. The molecule has 38 heavy (non-hydrogen) atoms. The van der Waals surface area contributed by atoms with E-state index in [2.05, 4.69) is 33.1 Å². The predicted molar refractivity (Wildman–Crippen MR) is 162 cm³/mol. The maximum atomic E-state index is 13.1. The predicted octanol–water partition coefficient (Wildman–Crippen LogP) is 8.16. The zero-order valence-corrected chi connectivity index (χ0v) is 23.5. The van der Waals surface area contributed by atoms with Crippen molar-refractivity contribution in [1.29, 1.82) is 0 Å². The lowest BCUT2D eigenvalue weighted by Gasteiger charge is -2.10. The first-order valence-corrected chi connectivity index (χ1v) is 13.5. The van der Waals surface area contributed by atoms with Crippen molar-refractivity contribution in [3.63, 3.8) is 0 Å². The van der Waals surface area contributed by atoms with E-state index in [0.29, 0.717) is 22.2 Å². The van der Waals surface area contributed by atoms with Gasteiger partial charge in [0.2, 0.25) is 0 Å². The van der Waals surface area contributed by atoms with Gasteiger partial charge in [0.05, 0.1) is 36.6 Å². The fourth-order valence-electron chi connectivity index (χ4n) is 3.85. The van der Waals surface area contributed by atoms with Crippen LogP contribution in [0.1, 0.15) is 21.5 Å². The highest BCUT2D eigenvalue weighted by Crippen LogP contribution is 2.27. The summed E-state index contributed by atoms with van der Waals surface area (Å²) in [5.74, 6) is 0.419. The minimum absolute atomic E-state index is 0.312. The van der Waals surface area contributed by atoms with Crippen LogP contribution >= 0.6 is 45.8 Å². The Balaban J connectivity index is 1.29. The second-order valence-corrected chi connectivity index (χ2v) is 10.3. The topological polar surface area (TPSA) is 63.6 Å². The summed E-state index contributed by atoms with van der Waals surface area (Å²) in [7, 11) is 0. The highest BCUT2D eigenvalue weighted by Gasteiger charge is 2.13. The molecule has 1 amide bonds. The minimum Gasteiger partial charge on any atom is -0.488 e. The van der Waals surface area contributed by atoms with Crippen molar-refractivity contribution in [2.75, 3.05) is 0 Å². The number of halogens is 3. The molecule has 0 aliphatic heterocycles. The van der Waals surface area contributed by atoms with Crippen molar-refractivity contribution in [3.8, 4) is 17.0 Å². The molecular formula is C30H20Cl2IN3O2. The molecule has 0 aliphatic rings. The largest absolute Gasteiger partial charge is 0.488 e. The number of ether oxygens (including phenoxy) is 1. The van der Waals surface area contributed by atoms with Gasteiger partial charge in [0.1, 0.15) is 12.4 Å². The maximum absolute atomic E-state index is 13.1. The molecule has 0 atom stereocenters. The molecule has 5 rings (SSSR count). The van der Waals surface area contributed by atoms with Crippen LogP contribution in [0.5, 0.6) is 5.75 Å². The number of carbonyl (C=O) groups is 1. The monoisotopic (exact) mass is 651 g/mol. The van der Waals surface area contributed by atoms with Crippen molar-refractivity contribution in [2.45, 2.75) is 6.61 Å². The number of hydrogen-bond donors (Lipinski definition) is 1. The quantitative estimate of drug-likeness (QED) is 0.110. The van der Waals surface area contributed by atoms with E-state index in [0.717, 1.165) is 42.6 Å². The highest BCUT2D eigenvalue weighted by atomic mass is 127. The van der Waals surface area contributed by atoms with Crippen LogP contribution in [0.3, 0.4) is 0 Å². The molecule has 4 aromatic carbocycles. The fraction of sp³-hybridized carbons (Fsp3) is 0.0333. The third kappa shape index (κ3) is 6.15. The van der Waals surface area contributed by atoms with Crippen LogP contribution in [0.25, 0.3) is 22.2 Å². The summed E-state index contributed by atoms with van der Waals surface area (Å²) in [6.07, 6.45) is 1.60. The van der Waals surface area contributed by atoms with Gasteiger partial charge in [0.15, 0.2) is 0 Å². The molecule has 8 heteroatoms. The van der Waals surface area contributed by atoms with Gasteiger partial charge in [-0.15, -0.1) is 0 Å². The highest BCUT2D eigenvalue weighted by molar-refractivity contribution is 14.1. The van der Waals surface area contributed by atoms with E-state index in [1.807, 2.05) is 78.9 Å². The molecule has 0 unspecified atom stereocenters. The molecule has 188 valence electrons. The summed E-state index contributed by atoms with van der Waals surface area (Å²) in [5.41, 5.74) is 7.31. The Kier molecular flexibility index (Phi) is 8.22. The Bertz CT molecular complexity index is 1660. The molecule has 0 saturated heterocycles. The van der Waals surface area contributed by atoms with Gasteiger partial charge >= 0.3 is 0 Å². The van der Waals surface area contributed by atoms with E-state index in [4.69, 9.17) is 32.9 Å². The third-order valence-electron chi connectivity index (χ3n) is 5.74. The Hall–Kier alpha value is -3.46. The van der Waals surface area contributed by atoms with Crippen molar-refractivity contribution in [2.24, 2.45) is 5.10 Å². The van der Waals surface area contributed by atoms with Crippen molar-refractivity contribution < 1.29 is 9.53 Å². The van der Waals surface area contributed by atoms with E-state index in [9.17, 15) is 4.79 Å². The van der Waals surface area contributed by atoms with E-state index in [-0.39, 0.29) is 5.91 Å². The van der Waals surface area contributed by atoms with Crippen LogP contribution in [0.2, 0.25) is 10.0 Å². The lowest BCUT2D eigenvalue weighted by molar-refractivity contribution is 0.0956. The molecule has 0 spiro atoms. The summed E-state index contributed by atoms with van der Waals surface area (Å²) in [5, 5.41) is 5.96. The minimum atomic E-state index is -0.312. The SMILES string of the molecule is O=C(N/N=C/c1ccc(OCc2ccc(Cl)c(Cl)c2)c(I)c1)c1cc(-c2ccccc2)nc2ccccc12. The Morgan fingerprint density at radius 3 is 2.50 bits per heavy atom. The number of pyridine rings is 1. The van der Waals surface area contributed by atoms with Crippen molar-refractivity contribution >= 4 is 68.8 Å². The second kappa shape index (κ2) is 11.9. The zero-order valence-electron chi connectivity index (χ0n) is 19.9. The van der Waals surface area contributed by atoms with Crippen LogP contribution < -0.4 is 10.2 Å². The van der Waals surface area contributed by atoms with E-state index in [1.54, 1.807) is 24.4 Å². The molecule has 0 saturated carbocycles. The zero-order chi connectivity index (χ0) is 26.5. The van der Waals surface area contributed by atoms with Gasteiger partial charge < -0.3 is 4.74 Å². The Morgan fingerprint density at radius 2 is 1.71 bits per heavy atom. The fourth-order valence-corrected chi connectivity index (χ4v) is 4.87. The average molecular weight is 652 g/mol. The molecule has 1 heterocycles. The van der Waals surface area contributed by atoms with E-state index < -0.39 is 0 Å². The van der Waals surface area contributed by atoms with Crippen LogP contribution in [0.4, 0.5) is 0 Å². The van der Waals surface area contributed by atoms with Crippen LogP contribution in [-0.2, 0) is 6.61 Å². The van der Waals surface area contributed by atoms with Gasteiger partial charge in [-0.05, 0) is 76.2 Å². The Morgan fingerprint density at radius 1 is 0.921 bits per heavy atom. The van der Waals surface area contributed by atoms with Gasteiger partial charge in [-0.25, -0.2) is 10.4 Å². The second-order valence-electron chi connectivity index (χ2n) is 8.36. The summed E-state index contributed by atoms with van der Waals surface area (Å²) in [6, 6.07) is 30.2. The molecule has 0 radical (unpaired) electrons. The van der Waals surface area contributed by atoms with Crippen molar-refractivity contribution in [1.82, 2.24) is 10.4 Å². The first kappa shape index (κ1) is 26.2. The number of fused-ring (bicyclic) bond motifs is 1. The maximum Gasteiger partial charge on any atom is 0.272 e. The summed E-state index contributed by atoms with van der Waals surface area (Å²) in [4.78, 5) is 17.9. The molecule has 1 N–H and O–H groups in total. The molecule has 1 aromatic heterocycles. The number of aromatic nitrogens is 1. The number of nitrogens with zero attached hydrogens (tertiary/aromatic N) is 2. The molecule has 0 fully saturated rings. The number of hydrazone groups is 1. The van der Waals surface area contributed by atoms with E-state index in [1.165, 1.54) is 0 Å². The number of carbonyl (C=O) groups excluding carboxylic acids is 1. The van der Waals surface area contributed by atoms with Crippen molar-refractivity contribution in [3.05, 3.63) is 127 Å².